The fourth-order valence-corrected chi connectivity index (χ4v) is 3.37. The number of methoxy groups -OCH3 is 1. The molecule has 1 aromatic carbocycles. The van der Waals surface area contributed by atoms with E-state index in [0.29, 0.717) is 27.0 Å². The first kappa shape index (κ1) is 19.0. The Morgan fingerprint density at radius 2 is 2.00 bits per heavy atom. The average Bonchev–Trinajstić information content (AvgIpc) is 3.43. The van der Waals surface area contributed by atoms with Crippen LogP contribution in [0.3, 0.4) is 0 Å². The topological polar surface area (TPSA) is 106 Å². The molecule has 148 valence electrons. The Bertz CT molecular complexity index is 1080. The molecule has 0 atom stereocenters. The average molecular weight is 409 g/mol. The summed E-state index contributed by atoms with van der Waals surface area (Å²) in [6.07, 6.45) is 3.57. The molecule has 0 bridgehead atoms. The van der Waals surface area contributed by atoms with Crippen LogP contribution in [0.1, 0.15) is 39.3 Å². The van der Waals surface area contributed by atoms with Gasteiger partial charge in [0.15, 0.2) is 0 Å². The second-order valence-electron chi connectivity index (χ2n) is 6.73. The molecule has 8 nitrogen and oxygen atoms in total. The second kappa shape index (κ2) is 7.96. The normalized spacial score (nSPS) is 13.0. The number of nitrogens with zero attached hydrogens (tertiary/aromatic N) is 3. The summed E-state index contributed by atoms with van der Waals surface area (Å²) in [5.74, 6) is -0.466. The molecule has 3 aromatic rings. The van der Waals surface area contributed by atoms with Gasteiger partial charge in [-0.25, -0.2) is 0 Å². The van der Waals surface area contributed by atoms with E-state index in [0.717, 1.165) is 35.4 Å². The number of ether oxygens (including phenoxy) is 1. The highest BCUT2D eigenvalue weighted by molar-refractivity contribution is 7.17. The molecule has 1 saturated carbocycles. The maximum absolute atomic E-state index is 12.9. The molecule has 2 heterocycles. The first-order valence-corrected chi connectivity index (χ1v) is 9.92. The molecule has 4 rings (SSSR count). The van der Waals surface area contributed by atoms with E-state index in [2.05, 4.69) is 25.8 Å². The van der Waals surface area contributed by atoms with Gasteiger partial charge in [-0.15, -0.1) is 5.10 Å². The summed E-state index contributed by atoms with van der Waals surface area (Å²) < 4.78 is 5.00. The van der Waals surface area contributed by atoms with Crippen molar-refractivity contribution in [3.63, 3.8) is 0 Å². The first-order chi connectivity index (χ1) is 14.0. The third-order valence-corrected chi connectivity index (χ3v) is 5.24. The van der Waals surface area contributed by atoms with Crippen LogP contribution in [-0.4, -0.2) is 40.1 Å². The number of aromatic nitrogens is 3. The lowest BCUT2D eigenvalue weighted by Gasteiger charge is -2.11. The molecule has 1 aliphatic rings. The molecule has 0 radical (unpaired) electrons. The number of nitrogens with one attached hydrogen (secondary N) is 2. The first-order valence-electron chi connectivity index (χ1n) is 9.10. The molecule has 2 amide bonds. The summed E-state index contributed by atoms with van der Waals surface area (Å²) in [6, 6.07) is 9.34. The van der Waals surface area contributed by atoms with Gasteiger partial charge in [0.05, 0.1) is 12.7 Å². The van der Waals surface area contributed by atoms with Crippen molar-refractivity contribution >= 4 is 28.3 Å². The second-order valence-corrected chi connectivity index (χ2v) is 7.67. The fraction of sp³-hybridized carbons (Fsp3) is 0.250. The number of hydrogen-bond donors (Lipinski definition) is 2. The van der Waals surface area contributed by atoms with Crippen molar-refractivity contribution in [2.75, 3.05) is 12.4 Å². The van der Waals surface area contributed by atoms with Crippen LogP contribution in [-0.2, 0) is 0 Å². The van der Waals surface area contributed by atoms with Crippen LogP contribution in [0.25, 0.3) is 11.1 Å². The standard InChI is InChI=1S/C20H19N5O3S/c1-11-8-15(12-4-3-5-13(9-12)17(26)22-14-6-7-14)16(10-21-11)18(27)23-19-24-25-20(28-2)29-19/h3-5,8-10,14H,6-7H2,1-2H3,(H,22,26)(H,23,24,27). The lowest BCUT2D eigenvalue weighted by molar-refractivity contribution is 0.0950. The van der Waals surface area contributed by atoms with Crippen LogP contribution in [0.4, 0.5) is 5.13 Å². The Balaban J connectivity index is 1.64. The van der Waals surface area contributed by atoms with Gasteiger partial charge in [-0.3, -0.25) is 19.9 Å². The van der Waals surface area contributed by atoms with Gasteiger partial charge >= 0.3 is 0 Å². The molecule has 1 fully saturated rings. The molecule has 29 heavy (non-hydrogen) atoms. The fourth-order valence-electron chi connectivity index (χ4n) is 2.81. The van der Waals surface area contributed by atoms with Gasteiger partial charge in [0.1, 0.15) is 0 Å². The largest absolute Gasteiger partial charge is 0.472 e. The SMILES string of the molecule is COc1nnc(NC(=O)c2cnc(C)cc2-c2cccc(C(=O)NC3CC3)c2)s1. The molecule has 2 aromatic heterocycles. The number of benzene rings is 1. The van der Waals surface area contributed by atoms with Crippen molar-refractivity contribution < 1.29 is 14.3 Å². The molecule has 0 unspecified atom stereocenters. The Kier molecular flexibility index (Phi) is 5.22. The lowest BCUT2D eigenvalue weighted by atomic mass is 9.98. The van der Waals surface area contributed by atoms with Gasteiger partial charge in [-0.2, -0.15) is 0 Å². The molecule has 0 aliphatic heterocycles. The van der Waals surface area contributed by atoms with E-state index in [1.807, 2.05) is 25.1 Å². The van der Waals surface area contributed by atoms with Gasteiger partial charge in [0.25, 0.3) is 17.0 Å². The third kappa shape index (κ3) is 4.40. The van der Waals surface area contributed by atoms with Crippen LogP contribution in [0.2, 0.25) is 0 Å². The van der Waals surface area contributed by atoms with E-state index in [9.17, 15) is 9.59 Å². The van der Waals surface area contributed by atoms with E-state index >= 15 is 0 Å². The predicted octanol–water partition coefficient (Wildman–Crippen LogP) is 3.06. The monoisotopic (exact) mass is 409 g/mol. The lowest BCUT2D eigenvalue weighted by Crippen LogP contribution is -2.25. The minimum atomic E-state index is -0.362. The maximum Gasteiger partial charge on any atom is 0.295 e. The molecule has 0 saturated heterocycles. The Morgan fingerprint density at radius 3 is 2.72 bits per heavy atom. The molecule has 2 N–H and O–H groups in total. The Morgan fingerprint density at radius 1 is 1.17 bits per heavy atom. The number of anilines is 1. The summed E-state index contributed by atoms with van der Waals surface area (Å²) in [4.78, 5) is 29.5. The zero-order valence-electron chi connectivity index (χ0n) is 15.9. The number of hydrogen-bond acceptors (Lipinski definition) is 7. The summed E-state index contributed by atoms with van der Waals surface area (Å²) in [6.45, 7) is 1.85. The Hall–Kier alpha value is -3.33. The Labute approximate surface area is 171 Å². The summed E-state index contributed by atoms with van der Waals surface area (Å²) in [7, 11) is 1.49. The number of aryl methyl sites for hydroxylation is 1. The molecule has 9 heteroatoms. The number of rotatable bonds is 6. The van der Waals surface area contributed by atoms with Gasteiger partial charge < -0.3 is 10.1 Å². The number of pyridine rings is 1. The van der Waals surface area contributed by atoms with E-state index < -0.39 is 0 Å². The summed E-state index contributed by atoms with van der Waals surface area (Å²) >= 11 is 1.13. The van der Waals surface area contributed by atoms with Crippen LogP contribution in [0, 0.1) is 6.92 Å². The molecule has 0 spiro atoms. The van der Waals surface area contributed by atoms with Crippen molar-refractivity contribution in [1.29, 1.82) is 0 Å². The highest BCUT2D eigenvalue weighted by Gasteiger charge is 2.24. The smallest absolute Gasteiger partial charge is 0.295 e. The number of carbonyl (C=O) groups excluding carboxylic acids is 2. The molecule has 1 aliphatic carbocycles. The quantitative estimate of drug-likeness (QED) is 0.648. The van der Waals surface area contributed by atoms with Crippen LogP contribution >= 0.6 is 11.3 Å². The van der Waals surface area contributed by atoms with Gasteiger partial charge in [0, 0.05) is 23.5 Å². The summed E-state index contributed by atoms with van der Waals surface area (Å²) in [5, 5.41) is 14.1. The van der Waals surface area contributed by atoms with Gasteiger partial charge in [-0.1, -0.05) is 17.2 Å². The highest BCUT2D eigenvalue weighted by atomic mass is 32.1. The van der Waals surface area contributed by atoms with Crippen molar-refractivity contribution in [1.82, 2.24) is 20.5 Å². The van der Waals surface area contributed by atoms with E-state index in [4.69, 9.17) is 4.74 Å². The zero-order valence-corrected chi connectivity index (χ0v) is 16.7. The minimum absolute atomic E-state index is 0.105. The van der Waals surface area contributed by atoms with Crippen molar-refractivity contribution in [2.45, 2.75) is 25.8 Å². The molecular formula is C20H19N5O3S. The van der Waals surface area contributed by atoms with Crippen LogP contribution in [0.15, 0.2) is 36.5 Å². The van der Waals surface area contributed by atoms with Crippen LogP contribution < -0.4 is 15.4 Å². The number of carbonyl (C=O) groups is 2. The zero-order chi connectivity index (χ0) is 20.4. The van der Waals surface area contributed by atoms with Gasteiger partial charge in [0.2, 0.25) is 5.13 Å². The van der Waals surface area contributed by atoms with E-state index in [1.165, 1.54) is 13.3 Å². The van der Waals surface area contributed by atoms with Gasteiger partial charge in [-0.05, 0) is 60.4 Å². The maximum atomic E-state index is 12.9. The number of amides is 2. The van der Waals surface area contributed by atoms with Crippen molar-refractivity contribution in [3.05, 3.63) is 53.3 Å². The molecular weight excluding hydrogens is 390 g/mol. The van der Waals surface area contributed by atoms with Crippen LogP contribution in [0.5, 0.6) is 5.19 Å². The third-order valence-electron chi connectivity index (χ3n) is 4.44. The predicted molar refractivity (Wildman–Crippen MR) is 109 cm³/mol. The van der Waals surface area contributed by atoms with Crippen molar-refractivity contribution in [2.24, 2.45) is 0 Å². The highest BCUT2D eigenvalue weighted by Crippen LogP contribution is 2.28. The minimum Gasteiger partial charge on any atom is -0.472 e. The van der Waals surface area contributed by atoms with Crippen molar-refractivity contribution in [3.8, 4) is 16.3 Å². The van der Waals surface area contributed by atoms with E-state index in [1.54, 1.807) is 12.1 Å². The summed E-state index contributed by atoms with van der Waals surface area (Å²) in [5.41, 5.74) is 3.15. The van der Waals surface area contributed by atoms with E-state index in [-0.39, 0.29) is 17.9 Å².